The Balaban J connectivity index is 2.03. The van der Waals surface area contributed by atoms with Crippen molar-refractivity contribution in [1.29, 1.82) is 0 Å². The number of hydrogen-bond acceptors (Lipinski definition) is 6. The van der Waals surface area contributed by atoms with Crippen LogP contribution in [0.15, 0.2) is 77.7 Å². The number of anilines is 1. The second kappa shape index (κ2) is 15.3. The zero-order chi connectivity index (χ0) is 30.7. The molecule has 0 radical (unpaired) electrons. The van der Waals surface area contributed by atoms with Crippen molar-refractivity contribution in [3.05, 3.63) is 83.9 Å². The van der Waals surface area contributed by atoms with Gasteiger partial charge in [0.15, 0.2) is 0 Å². The van der Waals surface area contributed by atoms with Crippen molar-refractivity contribution in [2.45, 2.75) is 57.5 Å². The molecule has 0 aliphatic heterocycles. The highest BCUT2D eigenvalue weighted by molar-refractivity contribution is 7.92. The van der Waals surface area contributed by atoms with E-state index < -0.39 is 28.5 Å². The molecule has 0 aromatic heterocycles. The third kappa shape index (κ3) is 8.25. The van der Waals surface area contributed by atoms with E-state index in [-0.39, 0.29) is 17.3 Å². The normalized spacial score (nSPS) is 11.8. The average molecular weight is 596 g/mol. The van der Waals surface area contributed by atoms with Crippen molar-refractivity contribution in [3.8, 4) is 11.5 Å². The summed E-state index contributed by atoms with van der Waals surface area (Å²) in [7, 11) is -1.05. The molecule has 1 N–H and O–H groups in total. The predicted octanol–water partition coefficient (Wildman–Crippen LogP) is 4.93. The van der Waals surface area contributed by atoms with Crippen LogP contribution < -0.4 is 19.1 Å². The second-order valence-corrected chi connectivity index (χ2v) is 11.8. The van der Waals surface area contributed by atoms with E-state index >= 15 is 0 Å². The van der Waals surface area contributed by atoms with Crippen LogP contribution in [0, 0.1) is 6.92 Å². The monoisotopic (exact) mass is 595 g/mol. The molecule has 1 unspecified atom stereocenters. The van der Waals surface area contributed by atoms with Gasteiger partial charge in [0, 0.05) is 13.1 Å². The fourth-order valence-corrected chi connectivity index (χ4v) is 5.88. The number of nitrogens with zero attached hydrogens (tertiary/aromatic N) is 2. The van der Waals surface area contributed by atoms with Gasteiger partial charge < -0.3 is 19.7 Å². The number of carbonyl (C=O) groups excluding carboxylic acids is 2. The molecule has 0 fully saturated rings. The Hall–Kier alpha value is -4.05. The summed E-state index contributed by atoms with van der Waals surface area (Å²) in [5.74, 6) is 0.435. The molecule has 3 aromatic rings. The fraction of sp³-hybridized carbons (Fsp3) is 0.375. The van der Waals surface area contributed by atoms with Crippen molar-refractivity contribution in [2.75, 3.05) is 31.6 Å². The predicted molar refractivity (Wildman–Crippen MR) is 164 cm³/mol. The lowest BCUT2D eigenvalue weighted by Gasteiger charge is -2.33. The van der Waals surface area contributed by atoms with Crippen LogP contribution in [-0.4, -0.2) is 58.5 Å². The van der Waals surface area contributed by atoms with E-state index in [1.54, 1.807) is 55.6 Å². The number of unbranched alkanes of at least 4 members (excludes halogenated alkanes) is 1. The quantitative estimate of drug-likeness (QED) is 0.250. The van der Waals surface area contributed by atoms with Crippen LogP contribution in [0.25, 0.3) is 0 Å². The number of aryl methyl sites for hydroxylation is 1. The number of carbonyl (C=O) groups is 2. The van der Waals surface area contributed by atoms with Crippen LogP contribution in [0.3, 0.4) is 0 Å². The maximum absolute atomic E-state index is 14.1. The van der Waals surface area contributed by atoms with Gasteiger partial charge in [-0.25, -0.2) is 8.42 Å². The summed E-state index contributed by atoms with van der Waals surface area (Å²) >= 11 is 0. The summed E-state index contributed by atoms with van der Waals surface area (Å²) in [5, 5.41) is 2.93. The van der Waals surface area contributed by atoms with Crippen molar-refractivity contribution in [1.82, 2.24) is 10.2 Å². The van der Waals surface area contributed by atoms with Gasteiger partial charge in [-0.1, -0.05) is 50.1 Å². The van der Waals surface area contributed by atoms with Gasteiger partial charge in [-0.3, -0.25) is 13.9 Å². The Kier molecular flexibility index (Phi) is 11.8. The largest absolute Gasteiger partial charge is 0.497 e. The molecular weight excluding hydrogens is 554 g/mol. The van der Waals surface area contributed by atoms with E-state index in [4.69, 9.17) is 9.47 Å². The first-order chi connectivity index (χ1) is 20.1. The lowest BCUT2D eigenvalue weighted by molar-refractivity contribution is -0.140. The molecule has 9 nitrogen and oxygen atoms in total. The number of methoxy groups -OCH3 is 2. The van der Waals surface area contributed by atoms with Gasteiger partial charge in [0.1, 0.15) is 24.1 Å². The van der Waals surface area contributed by atoms with Crippen molar-refractivity contribution >= 4 is 27.5 Å². The molecule has 226 valence electrons. The zero-order valence-corrected chi connectivity index (χ0v) is 25.8. The summed E-state index contributed by atoms with van der Waals surface area (Å²) in [4.78, 5) is 28.9. The minimum absolute atomic E-state index is 0.0581. The topological polar surface area (TPSA) is 105 Å². The second-order valence-electron chi connectivity index (χ2n) is 9.96. The minimum Gasteiger partial charge on any atom is -0.497 e. The molecule has 0 aliphatic rings. The Labute approximate surface area is 249 Å². The third-order valence-electron chi connectivity index (χ3n) is 6.98. The summed E-state index contributed by atoms with van der Waals surface area (Å²) < 4.78 is 39.5. The van der Waals surface area contributed by atoms with E-state index in [1.165, 1.54) is 24.1 Å². The highest BCUT2D eigenvalue weighted by atomic mass is 32.2. The molecule has 0 bridgehead atoms. The van der Waals surface area contributed by atoms with E-state index in [1.807, 2.05) is 32.9 Å². The van der Waals surface area contributed by atoms with Crippen LogP contribution in [-0.2, 0) is 26.2 Å². The third-order valence-corrected chi connectivity index (χ3v) is 8.76. The maximum Gasteiger partial charge on any atom is 0.264 e. The SMILES string of the molecule is CCCCNC(=O)C(CC)N(Cc1ccc(OC)cc1)C(=O)CN(c1ccc(OC)cc1)S(=O)(=O)c1ccc(C)cc1. The molecule has 2 amide bonds. The van der Waals surface area contributed by atoms with Gasteiger partial charge in [0.25, 0.3) is 10.0 Å². The number of ether oxygens (including phenoxy) is 2. The molecule has 10 heteroatoms. The number of sulfonamides is 1. The van der Waals surface area contributed by atoms with E-state index in [2.05, 4.69) is 5.32 Å². The van der Waals surface area contributed by atoms with Gasteiger partial charge in [0.05, 0.1) is 24.8 Å². The first kappa shape index (κ1) is 32.5. The molecule has 0 saturated carbocycles. The number of hydrogen-bond donors (Lipinski definition) is 1. The van der Waals surface area contributed by atoms with Gasteiger partial charge in [-0.2, -0.15) is 0 Å². The van der Waals surface area contributed by atoms with Crippen LogP contribution in [0.5, 0.6) is 11.5 Å². The minimum atomic E-state index is -4.14. The average Bonchev–Trinajstić information content (AvgIpc) is 3.00. The first-order valence-corrected chi connectivity index (χ1v) is 15.5. The molecule has 0 aliphatic carbocycles. The van der Waals surface area contributed by atoms with E-state index in [0.29, 0.717) is 30.2 Å². The summed E-state index contributed by atoms with van der Waals surface area (Å²) in [6.45, 7) is 5.85. The standard InChI is InChI=1S/C32H41N3O6S/c1-6-8-21-33-32(37)30(7-2)34(22-25-11-15-27(40-4)16-12-25)31(36)23-35(26-13-17-28(41-5)18-14-26)42(38,39)29-19-9-24(3)10-20-29/h9-20,30H,6-8,21-23H2,1-5H3,(H,33,37). The molecular formula is C32H41N3O6S. The Morgan fingerprint density at radius 2 is 1.43 bits per heavy atom. The smallest absolute Gasteiger partial charge is 0.264 e. The lowest BCUT2D eigenvalue weighted by Crippen LogP contribution is -2.52. The van der Waals surface area contributed by atoms with Crippen LogP contribution in [0.1, 0.15) is 44.2 Å². The van der Waals surface area contributed by atoms with E-state index in [9.17, 15) is 18.0 Å². The first-order valence-electron chi connectivity index (χ1n) is 14.1. The molecule has 1 atom stereocenters. The van der Waals surface area contributed by atoms with Gasteiger partial charge >= 0.3 is 0 Å². The highest BCUT2D eigenvalue weighted by Crippen LogP contribution is 2.27. The van der Waals surface area contributed by atoms with Crippen LogP contribution in [0.2, 0.25) is 0 Å². The van der Waals surface area contributed by atoms with Gasteiger partial charge in [0.2, 0.25) is 11.8 Å². The molecule has 0 saturated heterocycles. The van der Waals surface area contributed by atoms with Crippen LogP contribution in [0.4, 0.5) is 5.69 Å². The number of rotatable bonds is 15. The molecule has 3 aromatic carbocycles. The number of benzene rings is 3. The fourth-order valence-electron chi connectivity index (χ4n) is 4.47. The van der Waals surface area contributed by atoms with Crippen LogP contribution >= 0.6 is 0 Å². The molecule has 0 spiro atoms. The van der Waals surface area contributed by atoms with Crippen molar-refractivity contribution < 1.29 is 27.5 Å². The van der Waals surface area contributed by atoms with E-state index in [0.717, 1.165) is 28.3 Å². The van der Waals surface area contributed by atoms with Gasteiger partial charge in [-0.15, -0.1) is 0 Å². The Morgan fingerprint density at radius 3 is 1.95 bits per heavy atom. The Bertz CT molecular complexity index is 1410. The van der Waals surface area contributed by atoms with Crippen molar-refractivity contribution in [3.63, 3.8) is 0 Å². The molecule has 0 heterocycles. The number of amides is 2. The Morgan fingerprint density at radius 1 is 0.857 bits per heavy atom. The summed E-state index contributed by atoms with van der Waals surface area (Å²) in [6, 6.07) is 19.4. The summed E-state index contributed by atoms with van der Waals surface area (Å²) in [6.07, 6.45) is 2.08. The highest BCUT2D eigenvalue weighted by Gasteiger charge is 2.33. The zero-order valence-electron chi connectivity index (χ0n) is 25.0. The molecule has 3 rings (SSSR count). The molecule has 42 heavy (non-hydrogen) atoms. The maximum atomic E-state index is 14.1. The summed E-state index contributed by atoms with van der Waals surface area (Å²) in [5.41, 5.74) is 1.99. The number of nitrogens with one attached hydrogen (secondary N) is 1. The lowest BCUT2D eigenvalue weighted by atomic mass is 10.1. The van der Waals surface area contributed by atoms with Crippen molar-refractivity contribution in [2.24, 2.45) is 0 Å². The van der Waals surface area contributed by atoms with Gasteiger partial charge in [-0.05, 0) is 73.9 Å².